The highest BCUT2D eigenvalue weighted by atomic mass is 79.9. The fraction of sp³-hybridized carbons (Fsp3) is 0.375. The van der Waals surface area contributed by atoms with Crippen LogP contribution in [0.1, 0.15) is 25.3 Å². The molecular weight excluding hydrogens is 304 g/mol. The summed E-state index contributed by atoms with van der Waals surface area (Å²) in [5.41, 5.74) is 1.16. The smallest absolute Gasteiger partial charge is 0.127 e. The van der Waals surface area contributed by atoms with Gasteiger partial charge in [-0.05, 0) is 44.9 Å². The van der Waals surface area contributed by atoms with Gasteiger partial charge in [0.2, 0.25) is 0 Å². The number of alkyl halides is 1. The Balaban J connectivity index is 2.32. The first kappa shape index (κ1) is 14.2. The molecule has 102 valence electrons. The molecule has 1 N–H and O–H groups in total. The third kappa shape index (κ3) is 3.41. The van der Waals surface area contributed by atoms with Crippen molar-refractivity contribution in [3.63, 3.8) is 0 Å². The lowest BCUT2D eigenvalue weighted by atomic mass is 10.1. The summed E-state index contributed by atoms with van der Waals surface area (Å²) in [6, 6.07) is 9.55. The molecule has 2 aromatic carbocycles. The monoisotopic (exact) mass is 322 g/mol. The molecule has 0 saturated heterocycles. The molecule has 1 atom stereocenters. The molecule has 0 saturated carbocycles. The maximum atomic E-state index is 9.90. The van der Waals surface area contributed by atoms with Gasteiger partial charge in [0.15, 0.2) is 0 Å². The Kier molecular flexibility index (Phi) is 4.70. The summed E-state index contributed by atoms with van der Waals surface area (Å²) in [4.78, 5) is 0. The molecule has 0 aliphatic heterocycles. The quantitative estimate of drug-likeness (QED) is 0.801. The van der Waals surface area contributed by atoms with E-state index in [1.807, 2.05) is 25.1 Å². The Bertz CT molecular complexity index is 566. The van der Waals surface area contributed by atoms with Gasteiger partial charge in [-0.1, -0.05) is 33.6 Å². The second kappa shape index (κ2) is 6.29. The third-order valence-corrected chi connectivity index (χ3v) is 3.74. The molecule has 0 spiro atoms. The lowest BCUT2D eigenvalue weighted by Crippen LogP contribution is -2.11. The van der Waals surface area contributed by atoms with Crippen LogP contribution in [-0.2, 0) is 0 Å². The number of halogens is 1. The molecule has 0 fully saturated rings. The number of aryl methyl sites for hydroxylation is 1. The minimum atomic E-state index is 0.172. The van der Waals surface area contributed by atoms with Gasteiger partial charge in [-0.3, -0.25) is 0 Å². The van der Waals surface area contributed by atoms with Gasteiger partial charge in [-0.25, -0.2) is 0 Å². The lowest BCUT2D eigenvalue weighted by molar-refractivity contribution is 0.213. The Morgan fingerprint density at radius 3 is 2.74 bits per heavy atom. The van der Waals surface area contributed by atoms with E-state index in [0.29, 0.717) is 5.75 Å². The van der Waals surface area contributed by atoms with Crippen molar-refractivity contribution in [2.24, 2.45) is 0 Å². The number of phenols is 1. The molecule has 19 heavy (non-hydrogen) atoms. The van der Waals surface area contributed by atoms with Crippen molar-refractivity contribution in [3.05, 3.63) is 35.9 Å². The SMILES string of the molecule is Cc1ccc2c(O)ccc(OC(C)CCCBr)c2c1. The number of hydrogen-bond acceptors (Lipinski definition) is 2. The van der Waals surface area contributed by atoms with E-state index in [1.54, 1.807) is 6.07 Å². The summed E-state index contributed by atoms with van der Waals surface area (Å²) in [7, 11) is 0. The molecule has 0 amide bonds. The van der Waals surface area contributed by atoms with Gasteiger partial charge in [0.25, 0.3) is 0 Å². The number of hydrogen-bond donors (Lipinski definition) is 1. The molecule has 0 radical (unpaired) electrons. The maximum Gasteiger partial charge on any atom is 0.127 e. The largest absolute Gasteiger partial charge is 0.507 e. The zero-order valence-electron chi connectivity index (χ0n) is 11.3. The summed E-state index contributed by atoms with van der Waals surface area (Å²) in [5, 5.41) is 12.7. The molecule has 0 aliphatic rings. The third-order valence-electron chi connectivity index (χ3n) is 3.18. The van der Waals surface area contributed by atoms with Gasteiger partial charge < -0.3 is 9.84 Å². The van der Waals surface area contributed by atoms with Gasteiger partial charge >= 0.3 is 0 Å². The summed E-state index contributed by atoms with van der Waals surface area (Å²) in [5.74, 6) is 1.15. The predicted octanol–water partition coefficient (Wildman–Crippen LogP) is 4.80. The highest BCUT2D eigenvalue weighted by Crippen LogP contribution is 2.33. The van der Waals surface area contributed by atoms with Crippen LogP contribution in [0, 0.1) is 6.92 Å². The second-order valence-corrected chi connectivity index (χ2v) is 5.68. The van der Waals surface area contributed by atoms with Crippen LogP contribution in [0.5, 0.6) is 11.5 Å². The molecule has 0 bridgehead atoms. The van der Waals surface area contributed by atoms with Crippen LogP contribution in [-0.4, -0.2) is 16.5 Å². The summed E-state index contributed by atoms with van der Waals surface area (Å²) < 4.78 is 6.01. The molecule has 0 aromatic heterocycles. The molecular formula is C16H19BrO2. The minimum Gasteiger partial charge on any atom is -0.507 e. The fourth-order valence-corrected chi connectivity index (χ4v) is 2.49. The maximum absolute atomic E-state index is 9.90. The first-order chi connectivity index (χ1) is 9.11. The van der Waals surface area contributed by atoms with Crippen LogP contribution in [0.25, 0.3) is 10.8 Å². The van der Waals surface area contributed by atoms with Gasteiger partial charge in [0.05, 0.1) is 6.10 Å². The van der Waals surface area contributed by atoms with Crippen LogP contribution < -0.4 is 4.74 Å². The van der Waals surface area contributed by atoms with Crippen LogP contribution >= 0.6 is 15.9 Å². The van der Waals surface area contributed by atoms with Crippen LogP contribution in [0.4, 0.5) is 0 Å². The molecule has 3 heteroatoms. The van der Waals surface area contributed by atoms with Crippen molar-refractivity contribution < 1.29 is 9.84 Å². The van der Waals surface area contributed by atoms with E-state index in [9.17, 15) is 5.11 Å². The molecule has 1 unspecified atom stereocenters. The average Bonchev–Trinajstić information content (AvgIpc) is 2.39. The van der Waals surface area contributed by atoms with E-state index < -0.39 is 0 Å². The molecule has 2 aromatic rings. The minimum absolute atomic E-state index is 0.172. The van der Waals surface area contributed by atoms with E-state index in [4.69, 9.17) is 4.74 Å². The summed E-state index contributed by atoms with van der Waals surface area (Å²) >= 11 is 3.43. The zero-order chi connectivity index (χ0) is 13.8. The summed E-state index contributed by atoms with van der Waals surface area (Å²) in [6.45, 7) is 4.12. The van der Waals surface area contributed by atoms with Crippen molar-refractivity contribution in [2.45, 2.75) is 32.8 Å². The first-order valence-electron chi connectivity index (χ1n) is 6.57. The number of benzene rings is 2. The average molecular weight is 323 g/mol. The highest BCUT2D eigenvalue weighted by Gasteiger charge is 2.10. The van der Waals surface area contributed by atoms with Gasteiger partial charge in [-0.2, -0.15) is 0 Å². The van der Waals surface area contributed by atoms with Crippen molar-refractivity contribution in [2.75, 3.05) is 5.33 Å². The Morgan fingerprint density at radius 1 is 1.21 bits per heavy atom. The van der Waals surface area contributed by atoms with Gasteiger partial charge in [-0.15, -0.1) is 0 Å². The molecule has 2 nitrogen and oxygen atoms in total. The second-order valence-electron chi connectivity index (χ2n) is 4.89. The lowest BCUT2D eigenvalue weighted by Gasteiger charge is -2.16. The van der Waals surface area contributed by atoms with Gasteiger partial charge in [0.1, 0.15) is 11.5 Å². The fourth-order valence-electron chi connectivity index (χ4n) is 2.16. The molecule has 0 aliphatic carbocycles. The zero-order valence-corrected chi connectivity index (χ0v) is 12.9. The van der Waals surface area contributed by atoms with Crippen molar-refractivity contribution in [3.8, 4) is 11.5 Å². The molecule has 0 heterocycles. The highest BCUT2D eigenvalue weighted by molar-refractivity contribution is 9.09. The summed E-state index contributed by atoms with van der Waals surface area (Å²) in [6.07, 6.45) is 2.28. The van der Waals surface area contributed by atoms with Crippen molar-refractivity contribution in [1.82, 2.24) is 0 Å². The standard InChI is InChI=1S/C16H19BrO2/c1-11-5-6-13-14(10-11)16(8-7-15(13)18)19-12(2)4-3-9-17/h5-8,10,12,18H,3-4,9H2,1-2H3. The van der Waals surface area contributed by atoms with E-state index in [-0.39, 0.29) is 6.10 Å². The molecule has 2 rings (SSSR count). The normalized spacial score (nSPS) is 12.6. The predicted molar refractivity (Wildman–Crippen MR) is 83.5 cm³/mol. The topological polar surface area (TPSA) is 29.5 Å². The number of rotatable bonds is 5. The Morgan fingerprint density at radius 2 is 2.00 bits per heavy atom. The number of ether oxygens (including phenoxy) is 1. The number of fused-ring (bicyclic) bond motifs is 1. The van der Waals surface area contributed by atoms with E-state index in [2.05, 4.69) is 28.9 Å². The van der Waals surface area contributed by atoms with Crippen LogP contribution in [0.2, 0.25) is 0 Å². The van der Waals surface area contributed by atoms with Gasteiger partial charge in [0, 0.05) is 16.1 Å². The van der Waals surface area contributed by atoms with Crippen LogP contribution in [0.3, 0.4) is 0 Å². The van der Waals surface area contributed by atoms with Crippen LogP contribution in [0.15, 0.2) is 30.3 Å². The number of phenolic OH excluding ortho intramolecular Hbond substituents is 1. The van der Waals surface area contributed by atoms with Crippen molar-refractivity contribution >= 4 is 26.7 Å². The Labute approximate surface area is 122 Å². The van der Waals surface area contributed by atoms with E-state index in [1.165, 1.54) is 0 Å². The number of aromatic hydroxyl groups is 1. The van der Waals surface area contributed by atoms with Crippen molar-refractivity contribution in [1.29, 1.82) is 0 Å². The van der Waals surface area contributed by atoms with E-state index >= 15 is 0 Å². The Hall–Kier alpha value is -1.22. The first-order valence-corrected chi connectivity index (χ1v) is 7.69. The van der Waals surface area contributed by atoms with E-state index in [0.717, 1.165) is 40.3 Å².